The summed E-state index contributed by atoms with van der Waals surface area (Å²) in [5.74, 6) is 0.441. The lowest BCUT2D eigenvalue weighted by atomic mass is 10.1. The maximum atomic E-state index is 12.4. The summed E-state index contributed by atoms with van der Waals surface area (Å²) in [6.45, 7) is 8.38. The Labute approximate surface area is 115 Å². The van der Waals surface area contributed by atoms with Crippen LogP contribution >= 0.6 is 0 Å². The third-order valence-corrected chi connectivity index (χ3v) is 5.72. The van der Waals surface area contributed by atoms with Gasteiger partial charge in [0.05, 0.1) is 4.90 Å². The number of sulfonamides is 1. The first kappa shape index (κ1) is 14.3. The SMILES string of the molecule is Cc1cc(N)cc(C)c1S(=O)(=O)NCC1CC1(C)C. The van der Waals surface area contributed by atoms with Crippen molar-refractivity contribution >= 4 is 15.7 Å². The third-order valence-electron chi connectivity index (χ3n) is 3.99. The average molecular weight is 282 g/mol. The van der Waals surface area contributed by atoms with Gasteiger partial charge in [-0.25, -0.2) is 13.1 Å². The molecule has 0 radical (unpaired) electrons. The van der Waals surface area contributed by atoms with Gasteiger partial charge in [0.15, 0.2) is 0 Å². The van der Waals surface area contributed by atoms with Gasteiger partial charge in [-0.1, -0.05) is 13.8 Å². The molecule has 1 saturated carbocycles. The lowest BCUT2D eigenvalue weighted by Crippen LogP contribution is -2.28. The zero-order valence-electron chi connectivity index (χ0n) is 11.9. The van der Waals surface area contributed by atoms with Gasteiger partial charge in [0.1, 0.15) is 0 Å². The number of aryl methyl sites for hydroxylation is 2. The number of nitrogen functional groups attached to an aromatic ring is 1. The monoisotopic (exact) mass is 282 g/mol. The summed E-state index contributed by atoms with van der Waals surface area (Å²) in [4.78, 5) is 0.361. The first-order valence-corrected chi connectivity index (χ1v) is 7.98. The Kier molecular flexibility index (Phi) is 3.39. The molecule has 0 aromatic heterocycles. The molecule has 4 nitrogen and oxygen atoms in total. The second-order valence-electron chi connectivity index (χ2n) is 6.23. The number of hydrogen-bond acceptors (Lipinski definition) is 3. The minimum absolute atomic E-state index is 0.272. The zero-order chi connectivity index (χ0) is 14.4. The molecule has 5 heteroatoms. The first-order chi connectivity index (χ1) is 8.63. The molecule has 1 atom stereocenters. The summed E-state index contributed by atoms with van der Waals surface area (Å²) in [5, 5.41) is 0. The number of anilines is 1. The summed E-state index contributed by atoms with van der Waals surface area (Å²) in [6, 6.07) is 3.39. The fraction of sp³-hybridized carbons (Fsp3) is 0.571. The molecule has 0 aliphatic heterocycles. The van der Waals surface area contributed by atoms with Crippen LogP contribution in [0.2, 0.25) is 0 Å². The highest BCUT2D eigenvalue weighted by Gasteiger charge is 2.45. The summed E-state index contributed by atoms with van der Waals surface area (Å²) in [6.07, 6.45) is 1.08. The Morgan fingerprint density at radius 2 is 1.79 bits per heavy atom. The molecular weight excluding hydrogens is 260 g/mol. The quantitative estimate of drug-likeness (QED) is 0.832. The van der Waals surface area contributed by atoms with Crippen LogP contribution in [0.25, 0.3) is 0 Å². The fourth-order valence-electron chi connectivity index (χ4n) is 2.61. The van der Waals surface area contributed by atoms with E-state index in [0.717, 1.165) is 6.42 Å². The molecule has 0 heterocycles. The van der Waals surface area contributed by atoms with E-state index in [0.29, 0.717) is 34.2 Å². The van der Waals surface area contributed by atoms with Crippen LogP contribution in [0.4, 0.5) is 5.69 Å². The van der Waals surface area contributed by atoms with Crippen molar-refractivity contribution in [3.8, 4) is 0 Å². The summed E-state index contributed by atoms with van der Waals surface area (Å²) in [7, 11) is -3.45. The molecule has 3 N–H and O–H groups in total. The van der Waals surface area contributed by atoms with Crippen molar-refractivity contribution in [2.75, 3.05) is 12.3 Å². The highest BCUT2D eigenvalue weighted by Crippen LogP contribution is 2.51. The minimum atomic E-state index is -3.45. The van der Waals surface area contributed by atoms with E-state index in [-0.39, 0.29) is 5.41 Å². The molecule has 0 saturated heterocycles. The lowest BCUT2D eigenvalue weighted by Gasteiger charge is -2.13. The number of benzene rings is 1. The number of rotatable bonds is 4. The van der Waals surface area contributed by atoms with Crippen LogP contribution in [0.15, 0.2) is 17.0 Å². The molecule has 0 bridgehead atoms. The van der Waals surface area contributed by atoms with Gasteiger partial charge in [-0.2, -0.15) is 0 Å². The third kappa shape index (κ3) is 2.92. The van der Waals surface area contributed by atoms with Gasteiger partial charge in [-0.3, -0.25) is 0 Å². The van der Waals surface area contributed by atoms with Crippen LogP contribution in [0, 0.1) is 25.2 Å². The van der Waals surface area contributed by atoms with Gasteiger partial charge >= 0.3 is 0 Å². The molecule has 19 heavy (non-hydrogen) atoms. The molecule has 1 unspecified atom stereocenters. The fourth-order valence-corrected chi connectivity index (χ4v) is 4.15. The van der Waals surface area contributed by atoms with Gasteiger partial charge in [-0.05, 0) is 54.9 Å². The molecule has 0 spiro atoms. The molecule has 1 aliphatic carbocycles. The minimum Gasteiger partial charge on any atom is -0.399 e. The first-order valence-electron chi connectivity index (χ1n) is 6.50. The Bertz CT molecular complexity index is 583. The van der Waals surface area contributed by atoms with Crippen LogP contribution < -0.4 is 10.5 Å². The van der Waals surface area contributed by atoms with Crippen molar-refractivity contribution in [3.63, 3.8) is 0 Å². The average Bonchev–Trinajstić information content (AvgIpc) is 2.81. The van der Waals surface area contributed by atoms with Gasteiger partial charge in [0, 0.05) is 12.2 Å². The molecule has 1 aliphatic rings. The van der Waals surface area contributed by atoms with E-state index in [1.807, 2.05) is 0 Å². The maximum absolute atomic E-state index is 12.4. The summed E-state index contributed by atoms with van der Waals surface area (Å²) in [5.41, 5.74) is 7.98. The molecule has 1 aromatic carbocycles. The lowest BCUT2D eigenvalue weighted by molar-refractivity contribution is 0.537. The standard InChI is InChI=1S/C14H22N2O2S/c1-9-5-12(15)6-10(2)13(9)19(17,18)16-8-11-7-14(11,3)4/h5-6,11,16H,7-8,15H2,1-4H3. The highest BCUT2D eigenvalue weighted by atomic mass is 32.2. The maximum Gasteiger partial charge on any atom is 0.241 e. The van der Waals surface area contributed by atoms with Crippen LogP contribution in [-0.2, 0) is 10.0 Å². The molecule has 0 amide bonds. The van der Waals surface area contributed by atoms with Gasteiger partial charge < -0.3 is 5.73 Å². The zero-order valence-corrected chi connectivity index (χ0v) is 12.8. The van der Waals surface area contributed by atoms with E-state index < -0.39 is 10.0 Å². The Hall–Kier alpha value is -1.07. The Morgan fingerprint density at radius 1 is 1.32 bits per heavy atom. The van der Waals surface area contributed by atoms with Crippen LogP contribution in [0.3, 0.4) is 0 Å². The molecular formula is C14H22N2O2S. The van der Waals surface area contributed by atoms with Gasteiger partial charge in [-0.15, -0.1) is 0 Å². The summed E-state index contributed by atoms with van der Waals surface area (Å²) >= 11 is 0. The van der Waals surface area contributed by atoms with Gasteiger partial charge in [0.25, 0.3) is 0 Å². The van der Waals surface area contributed by atoms with Gasteiger partial charge in [0.2, 0.25) is 10.0 Å². The van der Waals surface area contributed by atoms with Crippen molar-refractivity contribution in [2.24, 2.45) is 11.3 Å². The molecule has 1 aromatic rings. The van der Waals surface area contributed by atoms with Crippen LogP contribution in [0.5, 0.6) is 0 Å². The van der Waals surface area contributed by atoms with Crippen molar-refractivity contribution < 1.29 is 8.42 Å². The van der Waals surface area contributed by atoms with Crippen molar-refractivity contribution in [1.82, 2.24) is 4.72 Å². The number of nitrogens with two attached hydrogens (primary N) is 1. The smallest absolute Gasteiger partial charge is 0.241 e. The molecule has 1 fully saturated rings. The molecule has 2 rings (SSSR count). The van der Waals surface area contributed by atoms with Crippen molar-refractivity contribution in [3.05, 3.63) is 23.3 Å². The second-order valence-corrected chi connectivity index (χ2v) is 7.93. The normalized spacial score (nSPS) is 21.4. The van der Waals surface area contributed by atoms with Crippen molar-refractivity contribution in [2.45, 2.75) is 39.0 Å². The highest BCUT2D eigenvalue weighted by molar-refractivity contribution is 7.89. The van der Waals surface area contributed by atoms with Crippen molar-refractivity contribution in [1.29, 1.82) is 0 Å². The van der Waals surface area contributed by atoms with E-state index in [1.54, 1.807) is 26.0 Å². The molecule has 106 valence electrons. The van der Waals surface area contributed by atoms with Crippen LogP contribution in [0.1, 0.15) is 31.4 Å². The number of hydrogen-bond donors (Lipinski definition) is 2. The predicted molar refractivity (Wildman–Crippen MR) is 77.4 cm³/mol. The van der Waals surface area contributed by atoms with E-state index in [1.165, 1.54) is 0 Å². The predicted octanol–water partition coefficient (Wildman–Crippen LogP) is 2.21. The van der Waals surface area contributed by atoms with Crippen LogP contribution in [-0.4, -0.2) is 15.0 Å². The van der Waals surface area contributed by atoms with E-state index in [2.05, 4.69) is 18.6 Å². The largest absolute Gasteiger partial charge is 0.399 e. The Morgan fingerprint density at radius 3 is 2.21 bits per heavy atom. The van der Waals surface area contributed by atoms with E-state index in [4.69, 9.17) is 5.73 Å². The summed E-state index contributed by atoms with van der Waals surface area (Å²) < 4.78 is 27.5. The number of nitrogens with one attached hydrogen (secondary N) is 1. The topological polar surface area (TPSA) is 72.2 Å². The van der Waals surface area contributed by atoms with E-state index in [9.17, 15) is 8.42 Å². The second kappa shape index (κ2) is 4.49. The Balaban J connectivity index is 2.20. The van der Waals surface area contributed by atoms with E-state index >= 15 is 0 Å².